The van der Waals surface area contributed by atoms with Gasteiger partial charge in [0.1, 0.15) is 0 Å². The fraction of sp³-hybridized carbons (Fsp3) is 0.100. The maximum Gasteiger partial charge on any atom is 0.328 e. The van der Waals surface area contributed by atoms with Crippen LogP contribution in [0, 0.1) is 0 Å². The average molecular weight is 306 g/mol. The third-order valence-electron chi connectivity index (χ3n) is 3.34. The lowest BCUT2D eigenvalue weighted by Gasteiger charge is -2.03. The molecule has 0 unspecified atom stereocenters. The summed E-state index contributed by atoms with van der Waals surface area (Å²) in [7, 11) is 0. The molecule has 0 aliphatic carbocycles. The van der Waals surface area contributed by atoms with Gasteiger partial charge >= 0.3 is 5.97 Å². The van der Waals surface area contributed by atoms with E-state index in [1.54, 1.807) is 12.2 Å². The minimum atomic E-state index is -0.982. The summed E-state index contributed by atoms with van der Waals surface area (Å²) in [5.41, 5.74) is 2.90. The van der Waals surface area contributed by atoms with Crippen LogP contribution >= 0.6 is 0 Å². The Labute approximate surface area is 135 Å². The molecule has 116 valence electrons. The molecule has 23 heavy (non-hydrogen) atoms. The molecule has 0 saturated carbocycles. The van der Waals surface area contributed by atoms with Crippen molar-refractivity contribution in [2.24, 2.45) is 0 Å². The monoisotopic (exact) mass is 306 g/mol. The SMILES string of the molecule is O=C(O)/C=C/C=C/CCC(=O)c1ccc(-c2ccccc2)cc1. The number of aliphatic carboxylic acids is 1. The van der Waals surface area contributed by atoms with Crippen molar-refractivity contribution >= 4 is 11.8 Å². The summed E-state index contributed by atoms with van der Waals surface area (Å²) in [6, 6.07) is 17.6. The third kappa shape index (κ3) is 5.40. The lowest BCUT2D eigenvalue weighted by Crippen LogP contribution is -1.97. The zero-order valence-electron chi connectivity index (χ0n) is 12.7. The number of allylic oxidation sites excluding steroid dienone is 3. The van der Waals surface area contributed by atoms with Gasteiger partial charge in [0.15, 0.2) is 5.78 Å². The molecule has 0 aliphatic rings. The molecule has 0 saturated heterocycles. The van der Waals surface area contributed by atoms with E-state index in [0.717, 1.165) is 17.2 Å². The van der Waals surface area contributed by atoms with Crippen LogP contribution in [0.5, 0.6) is 0 Å². The zero-order chi connectivity index (χ0) is 16.5. The molecule has 2 aromatic carbocycles. The number of hydrogen-bond acceptors (Lipinski definition) is 2. The van der Waals surface area contributed by atoms with E-state index in [-0.39, 0.29) is 5.78 Å². The summed E-state index contributed by atoms with van der Waals surface area (Å²) < 4.78 is 0. The highest BCUT2D eigenvalue weighted by molar-refractivity contribution is 5.96. The van der Waals surface area contributed by atoms with Crippen LogP contribution in [0.25, 0.3) is 11.1 Å². The highest BCUT2D eigenvalue weighted by atomic mass is 16.4. The maximum atomic E-state index is 12.1. The maximum absolute atomic E-state index is 12.1. The van der Waals surface area contributed by atoms with Gasteiger partial charge in [-0.1, -0.05) is 72.8 Å². The molecule has 0 spiro atoms. The van der Waals surface area contributed by atoms with Gasteiger partial charge in [0.2, 0.25) is 0 Å². The number of carbonyl (C=O) groups is 2. The number of carbonyl (C=O) groups excluding carboxylic acids is 1. The minimum Gasteiger partial charge on any atom is -0.478 e. The molecule has 0 aliphatic heterocycles. The van der Waals surface area contributed by atoms with E-state index in [2.05, 4.69) is 0 Å². The number of carboxylic acid groups (broad SMARTS) is 1. The number of carboxylic acids is 1. The Balaban J connectivity index is 1.89. The zero-order valence-corrected chi connectivity index (χ0v) is 12.7. The summed E-state index contributed by atoms with van der Waals surface area (Å²) in [4.78, 5) is 22.4. The van der Waals surface area contributed by atoms with Gasteiger partial charge in [0.25, 0.3) is 0 Å². The van der Waals surface area contributed by atoms with Crippen molar-refractivity contribution in [3.05, 3.63) is 84.5 Å². The minimum absolute atomic E-state index is 0.0801. The molecule has 3 nitrogen and oxygen atoms in total. The molecule has 0 atom stereocenters. The molecule has 3 heteroatoms. The number of ketones is 1. The fourth-order valence-corrected chi connectivity index (χ4v) is 2.15. The molecule has 0 radical (unpaired) electrons. The van der Waals surface area contributed by atoms with E-state index in [9.17, 15) is 9.59 Å². The van der Waals surface area contributed by atoms with Crippen LogP contribution in [0.15, 0.2) is 78.9 Å². The van der Waals surface area contributed by atoms with Crippen LogP contribution in [0.1, 0.15) is 23.2 Å². The number of Topliss-reactive ketones (excluding diaryl/α,β-unsaturated/α-hetero) is 1. The molecular formula is C20H18O3. The van der Waals surface area contributed by atoms with E-state index in [4.69, 9.17) is 5.11 Å². The van der Waals surface area contributed by atoms with Gasteiger partial charge in [0.05, 0.1) is 0 Å². The number of hydrogen-bond donors (Lipinski definition) is 1. The summed E-state index contributed by atoms with van der Waals surface area (Å²) >= 11 is 0. The topological polar surface area (TPSA) is 54.4 Å². The van der Waals surface area contributed by atoms with Crippen LogP contribution in [-0.2, 0) is 4.79 Å². The van der Waals surface area contributed by atoms with Crippen molar-refractivity contribution in [2.45, 2.75) is 12.8 Å². The Kier molecular flexibility index (Phi) is 6.07. The molecule has 0 bridgehead atoms. The van der Waals surface area contributed by atoms with Crippen molar-refractivity contribution < 1.29 is 14.7 Å². The largest absolute Gasteiger partial charge is 0.478 e. The second kappa shape index (κ2) is 8.49. The highest BCUT2D eigenvalue weighted by Gasteiger charge is 2.05. The first-order valence-corrected chi connectivity index (χ1v) is 7.41. The lowest BCUT2D eigenvalue weighted by molar-refractivity contribution is -0.131. The second-order valence-corrected chi connectivity index (χ2v) is 5.03. The van der Waals surface area contributed by atoms with Crippen LogP contribution in [0.3, 0.4) is 0 Å². The second-order valence-electron chi connectivity index (χ2n) is 5.03. The Morgan fingerprint density at radius 2 is 1.52 bits per heavy atom. The van der Waals surface area contributed by atoms with Gasteiger partial charge in [-0.2, -0.15) is 0 Å². The fourth-order valence-electron chi connectivity index (χ4n) is 2.15. The first-order valence-electron chi connectivity index (χ1n) is 7.41. The van der Waals surface area contributed by atoms with Crippen molar-refractivity contribution in [2.75, 3.05) is 0 Å². The lowest BCUT2D eigenvalue weighted by atomic mass is 10.0. The Morgan fingerprint density at radius 3 is 2.17 bits per heavy atom. The molecule has 2 rings (SSSR count). The van der Waals surface area contributed by atoms with Gasteiger partial charge in [-0.05, 0) is 17.5 Å². The molecule has 1 N–H and O–H groups in total. The van der Waals surface area contributed by atoms with E-state index >= 15 is 0 Å². The number of rotatable bonds is 7. The van der Waals surface area contributed by atoms with Crippen molar-refractivity contribution in [3.8, 4) is 11.1 Å². The van der Waals surface area contributed by atoms with Crippen LogP contribution in [-0.4, -0.2) is 16.9 Å². The number of benzene rings is 2. The normalized spacial score (nSPS) is 11.1. The van der Waals surface area contributed by atoms with Crippen LogP contribution in [0.2, 0.25) is 0 Å². The summed E-state index contributed by atoms with van der Waals surface area (Å²) in [6.45, 7) is 0. The smallest absolute Gasteiger partial charge is 0.328 e. The quantitative estimate of drug-likeness (QED) is 0.465. The van der Waals surface area contributed by atoms with Crippen LogP contribution in [0.4, 0.5) is 0 Å². The average Bonchev–Trinajstić information content (AvgIpc) is 2.58. The van der Waals surface area contributed by atoms with Crippen LogP contribution < -0.4 is 0 Å². The van der Waals surface area contributed by atoms with E-state index in [1.807, 2.05) is 54.6 Å². The molecule has 0 heterocycles. The molecule has 0 fully saturated rings. The highest BCUT2D eigenvalue weighted by Crippen LogP contribution is 2.19. The van der Waals surface area contributed by atoms with E-state index in [0.29, 0.717) is 18.4 Å². The Hall–Kier alpha value is -2.94. The van der Waals surface area contributed by atoms with Gasteiger partial charge in [0, 0.05) is 18.1 Å². The standard InChI is InChI=1S/C20H18O3/c21-19(10-6-1-2-7-11-20(22)23)18-14-12-17(13-15-18)16-8-4-3-5-9-16/h1-5,7-9,11-15H,6,10H2,(H,22,23)/b2-1+,11-7+. The first kappa shape index (κ1) is 16.4. The van der Waals surface area contributed by atoms with Gasteiger partial charge in [-0.15, -0.1) is 0 Å². The summed E-state index contributed by atoms with van der Waals surface area (Å²) in [6.07, 6.45) is 6.92. The molecular weight excluding hydrogens is 288 g/mol. The molecule has 2 aromatic rings. The predicted octanol–water partition coefficient (Wildman–Crippen LogP) is 4.51. The predicted molar refractivity (Wildman–Crippen MR) is 91.4 cm³/mol. The van der Waals surface area contributed by atoms with Crippen molar-refractivity contribution in [3.63, 3.8) is 0 Å². The molecule has 0 amide bonds. The Morgan fingerprint density at radius 1 is 0.870 bits per heavy atom. The summed E-state index contributed by atoms with van der Waals surface area (Å²) in [5.74, 6) is -0.902. The van der Waals surface area contributed by atoms with Crippen molar-refractivity contribution in [1.82, 2.24) is 0 Å². The van der Waals surface area contributed by atoms with Gasteiger partial charge < -0.3 is 5.11 Å². The third-order valence-corrected chi connectivity index (χ3v) is 3.34. The van der Waals surface area contributed by atoms with E-state index in [1.165, 1.54) is 6.08 Å². The van der Waals surface area contributed by atoms with Crippen molar-refractivity contribution in [1.29, 1.82) is 0 Å². The van der Waals surface area contributed by atoms with Gasteiger partial charge in [-0.25, -0.2) is 4.79 Å². The van der Waals surface area contributed by atoms with E-state index < -0.39 is 5.97 Å². The van der Waals surface area contributed by atoms with Gasteiger partial charge in [-0.3, -0.25) is 4.79 Å². The molecule has 0 aromatic heterocycles. The summed E-state index contributed by atoms with van der Waals surface area (Å²) in [5, 5.41) is 8.44. The first-order chi connectivity index (χ1) is 11.2. The Bertz CT molecular complexity index is 710.